The van der Waals surface area contributed by atoms with E-state index in [0.29, 0.717) is 12.8 Å². The monoisotopic (exact) mass is 940 g/mol. The summed E-state index contributed by atoms with van der Waals surface area (Å²) < 4.78 is 11.3. The molecule has 7 atom stereocenters. The maximum absolute atomic E-state index is 13.1. The fourth-order valence-corrected chi connectivity index (χ4v) is 9.81. The lowest BCUT2D eigenvalue weighted by Crippen LogP contribution is -2.60. The molecule has 1 amide bonds. The van der Waals surface area contributed by atoms with Gasteiger partial charge in [-0.2, -0.15) is 0 Å². The first-order valence-corrected chi connectivity index (χ1v) is 29.2. The van der Waals surface area contributed by atoms with Crippen molar-refractivity contribution in [2.45, 2.75) is 346 Å². The van der Waals surface area contributed by atoms with Crippen LogP contribution in [0.4, 0.5) is 0 Å². The van der Waals surface area contributed by atoms with Crippen molar-refractivity contribution in [2.75, 3.05) is 13.2 Å². The number of aliphatic hydroxyl groups is 5. The largest absolute Gasteiger partial charge is 0.394 e. The molecule has 1 heterocycles. The molecule has 1 aliphatic heterocycles. The van der Waals surface area contributed by atoms with Gasteiger partial charge in [0.1, 0.15) is 24.4 Å². The van der Waals surface area contributed by atoms with Gasteiger partial charge in [0.05, 0.1) is 25.4 Å². The van der Waals surface area contributed by atoms with Crippen molar-refractivity contribution in [1.82, 2.24) is 5.32 Å². The van der Waals surface area contributed by atoms with Crippen molar-refractivity contribution in [2.24, 2.45) is 0 Å². The van der Waals surface area contributed by atoms with Gasteiger partial charge >= 0.3 is 0 Å². The lowest BCUT2D eigenvalue weighted by Gasteiger charge is -2.40. The van der Waals surface area contributed by atoms with Gasteiger partial charge in [0.2, 0.25) is 5.91 Å². The van der Waals surface area contributed by atoms with Crippen LogP contribution in [0.3, 0.4) is 0 Å². The number of hydrogen-bond donors (Lipinski definition) is 6. The topological polar surface area (TPSA) is 149 Å². The fourth-order valence-electron chi connectivity index (χ4n) is 9.81. The minimum Gasteiger partial charge on any atom is -0.394 e. The number of amides is 1. The molecule has 9 nitrogen and oxygen atoms in total. The highest BCUT2D eigenvalue weighted by Crippen LogP contribution is 2.23. The van der Waals surface area contributed by atoms with E-state index in [4.69, 9.17) is 9.47 Å². The molecule has 0 aromatic rings. The zero-order chi connectivity index (χ0) is 48.0. The van der Waals surface area contributed by atoms with Crippen molar-refractivity contribution < 1.29 is 39.8 Å². The molecule has 0 bridgehead atoms. The number of unbranched alkanes of at least 4 members (excludes halogenated alkanes) is 41. The standard InChI is InChI=1S/C57H113NO8/c1-3-5-7-9-11-13-15-17-19-20-21-22-23-24-25-26-27-28-29-30-31-32-33-35-37-39-41-43-45-47-53(61)58-50(49-65-57-56(64)55(63)54(62)52(48-59)66-57)51(60)46-44-42-40-38-36-34-18-16-14-12-10-8-6-4-2/h50-52,54-57,59-60,62-64H,3-49H2,1-2H3,(H,58,61). The van der Waals surface area contributed by atoms with E-state index in [1.54, 1.807) is 0 Å². The molecule has 394 valence electrons. The molecule has 9 heteroatoms. The van der Waals surface area contributed by atoms with Gasteiger partial charge in [0, 0.05) is 6.42 Å². The molecule has 0 aromatic carbocycles. The highest BCUT2D eigenvalue weighted by atomic mass is 16.7. The van der Waals surface area contributed by atoms with E-state index in [9.17, 15) is 30.3 Å². The number of ether oxygens (including phenoxy) is 2. The normalized spacial score (nSPS) is 19.7. The second kappa shape index (κ2) is 47.8. The van der Waals surface area contributed by atoms with E-state index in [1.807, 2.05) is 0 Å². The van der Waals surface area contributed by atoms with E-state index in [1.165, 1.54) is 238 Å². The third-order valence-corrected chi connectivity index (χ3v) is 14.5. The Kier molecular flexibility index (Phi) is 45.8. The van der Waals surface area contributed by atoms with E-state index < -0.39 is 49.5 Å². The van der Waals surface area contributed by atoms with E-state index in [-0.39, 0.29) is 12.5 Å². The van der Waals surface area contributed by atoms with Crippen LogP contribution < -0.4 is 5.32 Å². The molecule has 0 saturated carbocycles. The average molecular weight is 941 g/mol. The van der Waals surface area contributed by atoms with Gasteiger partial charge in [0.25, 0.3) is 0 Å². The molecule has 7 unspecified atom stereocenters. The Balaban J connectivity index is 2.11. The SMILES string of the molecule is CCCCCCCCCCCCCCCCCCCCCCCCCCCCCCCC(=O)NC(COC1OC(CO)C(O)C(O)C1O)C(O)CCCCCCCCCCCCCCCC. The van der Waals surface area contributed by atoms with Gasteiger partial charge in [-0.1, -0.05) is 284 Å². The third-order valence-electron chi connectivity index (χ3n) is 14.5. The van der Waals surface area contributed by atoms with E-state index in [0.717, 1.165) is 38.5 Å². The van der Waals surface area contributed by atoms with Crippen LogP contribution >= 0.6 is 0 Å². The molecule has 0 aliphatic carbocycles. The van der Waals surface area contributed by atoms with E-state index in [2.05, 4.69) is 19.2 Å². The maximum atomic E-state index is 13.1. The van der Waals surface area contributed by atoms with Crippen LogP contribution in [0, 0.1) is 0 Å². The van der Waals surface area contributed by atoms with Gasteiger partial charge in [-0.25, -0.2) is 0 Å². The average Bonchev–Trinajstić information content (AvgIpc) is 3.32. The summed E-state index contributed by atoms with van der Waals surface area (Å²) in [6, 6.07) is -0.712. The summed E-state index contributed by atoms with van der Waals surface area (Å²) in [7, 11) is 0. The van der Waals surface area contributed by atoms with Crippen LogP contribution in [0.2, 0.25) is 0 Å². The van der Waals surface area contributed by atoms with Gasteiger partial charge in [0.15, 0.2) is 6.29 Å². The summed E-state index contributed by atoms with van der Waals surface area (Å²) in [5.74, 6) is -0.137. The molecule has 0 spiro atoms. The maximum Gasteiger partial charge on any atom is 0.220 e. The Morgan fingerprint density at radius 1 is 0.455 bits per heavy atom. The van der Waals surface area contributed by atoms with Gasteiger partial charge in [-0.15, -0.1) is 0 Å². The van der Waals surface area contributed by atoms with Crippen LogP contribution in [0.1, 0.15) is 303 Å². The Morgan fingerprint density at radius 3 is 1.08 bits per heavy atom. The number of nitrogens with one attached hydrogen (secondary N) is 1. The molecule has 0 aromatic heterocycles. The van der Waals surface area contributed by atoms with Crippen molar-refractivity contribution in [3.8, 4) is 0 Å². The molecule has 66 heavy (non-hydrogen) atoms. The number of carbonyl (C=O) groups excluding carboxylic acids is 1. The predicted molar refractivity (Wildman–Crippen MR) is 277 cm³/mol. The van der Waals surface area contributed by atoms with E-state index >= 15 is 0 Å². The zero-order valence-electron chi connectivity index (χ0n) is 43.7. The van der Waals surface area contributed by atoms with Crippen molar-refractivity contribution >= 4 is 5.91 Å². The molecular formula is C57H113NO8. The smallest absolute Gasteiger partial charge is 0.220 e. The van der Waals surface area contributed by atoms with Crippen LogP contribution in [0.5, 0.6) is 0 Å². The zero-order valence-corrected chi connectivity index (χ0v) is 43.7. The summed E-state index contributed by atoms with van der Waals surface area (Å²) in [4.78, 5) is 13.1. The van der Waals surface area contributed by atoms with Gasteiger partial charge in [-0.3, -0.25) is 4.79 Å². The van der Waals surface area contributed by atoms with Gasteiger partial charge < -0.3 is 40.3 Å². The van der Waals surface area contributed by atoms with Crippen LogP contribution in [-0.4, -0.2) is 87.5 Å². The van der Waals surface area contributed by atoms with Gasteiger partial charge in [-0.05, 0) is 12.8 Å². The lowest BCUT2D eigenvalue weighted by atomic mass is 9.99. The Hall–Kier alpha value is -0.810. The Bertz CT molecular complexity index is 1000. The Labute approximate surface area is 408 Å². The summed E-state index contributed by atoms with van der Waals surface area (Å²) in [5.41, 5.74) is 0. The first-order chi connectivity index (χ1) is 32.3. The summed E-state index contributed by atoms with van der Waals surface area (Å²) in [5, 5.41) is 54.6. The number of aliphatic hydroxyl groups excluding tert-OH is 5. The molecule has 0 radical (unpaired) electrons. The highest BCUT2D eigenvalue weighted by molar-refractivity contribution is 5.76. The summed E-state index contributed by atoms with van der Waals surface area (Å²) in [6.07, 6.45) is 50.0. The summed E-state index contributed by atoms with van der Waals surface area (Å²) in [6.45, 7) is 3.88. The third kappa shape index (κ3) is 37.1. The number of rotatable bonds is 51. The van der Waals surface area contributed by atoms with Crippen molar-refractivity contribution in [3.63, 3.8) is 0 Å². The molecule has 1 fully saturated rings. The van der Waals surface area contributed by atoms with Crippen LogP contribution in [0.25, 0.3) is 0 Å². The molecule has 1 saturated heterocycles. The number of hydrogen-bond acceptors (Lipinski definition) is 8. The predicted octanol–water partition coefficient (Wildman–Crippen LogP) is 14.2. The molecule has 6 N–H and O–H groups in total. The highest BCUT2D eigenvalue weighted by Gasteiger charge is 2.44. The Morgan fingerprint density at radius 2 is 0.758 bits per heavy atom. The first-order valence-electron chi connectivity index (χ1n) is 29.2. The number of carbonyl (C=O) groups is 1. The quantitative estimate of drug-likeness (QED) is 0.0330. The second-order valence-corrected chi connectivity index (χ2v) is 20.8. The molecule has 1 rings (SSSR count). The molecule has 1 aliphatic rings. The van der Waals surface area contributed by atoms with Crippen molar-refractivity contribution in [3.05, 3.63) is 0 Å². The lowest BCUT2D eigenvalue weighted by molar-refractivity contribution is -0.302. The van der Waals surface area contributed by atoms with Crippen LogP contribution in [-0.2, 0) is 14.3 Å². The minimum absolute atomic E-state index is 0.131. The van der Waals surface area contributed by atoms with Crippen LogP contribution in [0.15, 0.2) is 0 Å². The van der Waals surface area contributed by atoms with Crippen molar-refractivity contribution in [1.29, 1.82) is 0 Å². The first kappa shape index (κ1) is 63.2. The fraction of sp³-hybridized carbons (Fsp3) is 0.982. The summed E-state index contributed by atoms with van der Waals surface area (Å²) >= 11 is 0. The minimum atomic E-state index is -1.55. The second-order valence-electron chi connectivity index (χ2n) is 20.8. The molecular weight excluding hydrogens is 827 g/mol.